The molecule has 0 saturated heterocycles. The van der Waals surface area contributed by atoms with Gasteiger partial charge in [-0.05, 0) is 174 Å². The Morgan fingerprint density at radius 1 is 0.295 bits per heavy atom. The quantitative estimate of drug-likeness (QED) is 0.151. The van der Waals surface area contributed by atoms with E-state index in [1.165, 1.54) is 36.8 Å². The van der Waals surface area contributed by atoms with Crippen LogP contribution in [0.5, 0.6) is 0 Å². The molecule has 4 fully saturated rings. The van der Waals surface area contributed by atoms with Crippen molar-refractivity contribution in [1.29, 1.82) is 0 Å². The molecule has 0 amide bonds. The van der Waals surface area contributed by atoms with E-state index in [-0.39, 0.29) is 17.0 Å². The maximum absolute atomic E-state index is 17.8. The average Bonchev–Trinajstić information content (AvgIpc) is 1.40. The first-order valence-corrected chi connectivity index (χ1v) is 30.7. The SMILES string of the molecule is Fc1cc(-c2nc(-c3ccc4ccccc4c3)nc(-c3ccc4ccccc4c3)n2)ccc1-c1ccc2c(c1)-c1c(-c3ccc(-c4nc(-c5ccc6ccccc6c5)nc(-c5ccc6ccccc6c5)n4)cc3F)cccc1[C@@]21C2CC3CC4CC1C42C3. The molecule has 0 N–H and O–H groups in total. The van der Waals surface area contributed by atoms with Crippen LogP contribution in [0.3, 0.4) is 0 Å². The standard InChI is InChI=1S/C80H52F2N6/c81-68-41-59(77-85-73(55-24-20-46-10-1-5-14-50(46)36-55)83-74(86-77)56-25-21-47-11-2-6-15-51(47)37-56)28-31-62(68)54-30-33-66-65(40-54)72-64(18-9-19-67(72)80(66)70-35-45-34-61-43-71(80)79(61,70)44-45)63-32-29-60(42-69(63)82)78-87-75(57-26-22-48-12-3-7-16-52(48)38-57)84-76(88-78)58-27-23-49-13-4-8-17-53(49)39-58/h1-33,36-42,45,61,70-71H,34-35,43-44H2/t45?,61?,70?,71?,79?,80-/m1/s1. The lowest BCUT2D eigenvalue weighted by molar-refractivity contribution is -0.231. The Hall–Kier alpha value is -10.4. The fraction of sp³-hybridized carbons (Fsp3) is 0.125. The number of rotatable bonds is 8. The molecule has 0 aliphatic heterocycles. The van der Waals surface area contributed by atoms with Gasteiger partial charge in [0.1, 0.15) is 11.6 Å². The Labute approximate surface area is 506 Å². The Morgan fingerprint density at radius 2 is 0.693 bits per heavy atom. The van der Waals surface area contributed by atoms with Gasteiger partial charge in [-0.15, -0.1) is 0 Å². The molecule has 4 saturated carbocycles. The molecule has 0 radical (unpaired) electrons. The summed E-state index contributed by atoms with van der Waals surface area (Å²) in [5.41, 5.74) is 11.9. The normalized spacial score (nSPS) is 20.8. The van der Waals surface area contributed by atoms with E-state index in [0.717, 1.165) is 99.4 Å². The topological polar surface area (TPSA) is 77.3 Å². The zero-order chi connectivity index (χ0) is 58.0. The molecule has 2 heterocycles. The molecule has 6 nitrogen and oxygen atoms in total. The molecule has 416 valence electrons. The Balaban J connectivity index is 0.726. The first-order chi connectivity index (χ1) is 43.3. The third-order valence-corrected chi connectivity index (χ3v) is 21.1. The van der Waals surface area contributed by atoms with Crippen molar-refractivity contribution in [2.75, 3.05) is 0 Å². The Kier molecular flexibility index (Phi) is 10.5. The summed E-state index contributed by atoms with van der Waals surface area (Å²) in [6.45, 7) is 0. The van der Waals surface area contributed by atoms with Crippen LogP contribution in [0, 0.1) is 40.7 Å². The summed E-state index contributed by atoms with van der Waals surface area (Å²) in [6, 6.07) is 81.8. The van der Waals surface area contributed by atoms with Crippen LogP contribution in [-0.4, -0.2) is 29.9 Å². The predicted molar refractivity (Wildman–Crippen MR) is 348 cm³/mol. The molecule has 5 aliphatic rings. The summed E-state index contributed by atoms with van der Waals surface area (Å²) in [5.74, 6) is 4.61. The number of fused-ring (bicyclic) bond motifs is 12. The summed E-state index contributed by atoms with van der Waals surface area (Å²) in [5, 5.41) is 8.76. The van der Waals surface area contributed by atoms with Crippen LogP contribution in [0.25, 0.3) is 145 Å². The number of hydrogen-bond acceptors (Lipinski definition) is 6. The minimum absolute atomic E-state index is 0.183. The molecule has 14 aromatic rings. The molecule has 5 aliphatic carbocycles. The monoisotopic (exact) mass is 1130 g/mol. The van der Waals surface area contributed by atoms with Gasteiger partial charge in [0.05, 0.1) is 0 Å². The van der Waals surface area contributed by atoms with E-state index in [9.17, 15) is 0 Å². The first-order valence-electron chi connectivity index (χ1n) is 30.7. The highest BCUT2D eigenvalue weighted by molar-refractivity contribution is 5.97. The highest BCUT2D eigenvalue weighted by Gasteiger charge is 2.84. The molecule has 88 heavy (non-hydrogen) atoms. The highest BCUT2D eigenvalue weighted by Crippen LogP contribution is 2.90. The van der Waals surface area contributed by atoms with Gasteiger partial charge in [-0.1, -0.05) is 200 Å². The van der Waals surface area contributed by atoms with E-state index in [2.05, 4.69) is 133 Å². The molecule has 6 atom stereocenters. The van der Waals surface area contributed by atoms with E-state index in [0.29, 0.717) is 74.5 Å². The van der Waals surface area contributed by atoms with Crippen LogP contribution in [-0.2, 0) is 5.41 Å². The Bertz CT molecular complexity index is 5150. The summed E-state index contributed by atoms with van der Waals surface area (Å²) < 4.78 is 35.2. The molecule has 5 unspecified atom stereocenters. The smallest absolute Gasteiger partial charge is 0.164 e. The van der Waals surface area contributed by atoms with Crippen molar-refractivity contribution in [1.82, 2.24) is 29.9 Å². The maximum atomic E-state index is 17.8. The summed E-state index contributed by atoms with van der Waals surface area (Å²) in [7, 11) is 0. The van der Waals surface area contributed by atoms with Crippen molar-refractivity contribution < 1.29 is 8.78 Å². The fourth-order valence-corrected chi connectivity index (χ4v) is 17.4. The second kappa shape index (κ2) is 18.5. The molecular weight excluding hydrogens is 1080 g/mol. The fourth-order valence-electron chi connectivity index (χ4n) is 17.4. The lowest BCUT2D eigenvalue weighted by atomic mass is 9.27. The molecule has 2 spiro atoms. The van der Waals surface area contributed by atoms with Gasteiger partial charge in [-0.2, -0.15) is 0 Å². The van der Waals surface area contributed by atoms with Crippen molar-refractivity contribution >= 4 is 43.1 Å². The van der Waals surface area contributed by atoms with Crippen molar-refractivity contribution in [2.45, 2.75) is 31.1 Å². The van der Waals surface area contributed by atoms with Gasteiger partial charge in [-0.3, -0.25) is 0 Å². The zero-order valence-electron chi connectivity index (χ0n) is 47.7. The molecular formula is C80H52F2N6. The summed E-state index contributed by atoms with van der Waals surface area (Å²) in [6.07, 6.45) is 5.10. The van der Waals surface area contributed by atoms with Gasteiger partial charge in [0.25, 0.3) is 0 Å². The van der Waals surface area contributed by atoms with E-state index < -0.39 is 0 Å². The summed E-state index contributed by atoms with van der Waals surface area (Å²) in [4.78, 5) is 30.4. The van der Waals surface area contributed by atoms with Crippen LogP contribution >= 0.6 is 0 Å². The van der Waals surface area contributed by atoms with Crippen molar-refractivity contribution in [3.05, 3.63) is 265 Å². The maximum Gasteiger partial charge on any atom is 0.164 e. The van der Waals surface area contributed by atoms with Gasteiger partial charge in [-0.25, -0.2) is 38.7 Å². The third kappa shape index (κ3) is 7.20. The highest BCUT2D eigenvalue weighted by atomic mass is 19.1. The second-order valence-electron chi connectivity index (χ2n) is 25.3. The van der Waals surface area contributed by atoms with Crippen molar-refractivity contribution in [2.24, 2.45) is 29.1 Å². The number of benzene rings is 12. The van der Waals surface area contributed by atoms with Crippen molar-refractivity contribution in [3.8, 4) is 102 Å². The van der Waals surface area contributed by atoms with Crippen LogP contribution in [0.4, 0.5) is 8.78 Å². The number of nitrogens with zero attached hydrogens (tertiary/aromatic N) is 6. The molecule has 2 aromatic heterocycles. The van der Waals surface area contributed by atoms with Crippen molar-refractivity contribution in [3.63, 3.8) is 0 Å². The predicted octanol–water partition coefficient (Wildman–Crippen LogP) is 19.6. The van der Waals surface area contributed by atoms with E-state index in [4.69, 9.17) is 29.9 Å². The molecule has 8 heteroatoms. The number of hydrogen-bond donors (Lipinski definition) is 0. The van der Waals surface area contributed by atoms with E-state index in [1.54, 1.807) is 12.1 Å². The van der Waals surface area contributed by atoms with E-state index in [1.807, 2.05) is 97.1 Å². The molecule has 2 bridgehead atoms. The van der Waals surface area contributed by atoms with Crippen LogP contribution in [0.2, 0.25) is 0 Å². The third-order valence-electron chi connectivity index (χ3n) is 21.1. The first kappa shape index (κ1) is 49.8. The average molecular weight is 1140 g/mol. The zero-order valence-corrected chi connectivity index (χ0v) is 47.7. The van der Waals surface area contributed by atoms with Gasteiger partial charge in [0.2, 0.25) is 0 Å². The second-order valence-corrected chi connectivity index (χ2v) is 25.3. The van der Waals surface area contributed by atoms with Gasteiger partial charge in [0, 0.05) is 49.9 Å². The van der Waals surface area contributed by atoms with Gasteiger partial charge >= 0.3 is 0 Å². The number of aromatic nitrogens is 6. The van der Waals surface area contributed by atoms with E-state index >= 15 is 8.78 Å². The van der Waals surface area contributed by atoms with Crippen LogP contribution in [0.15, 0.2) is 243 Å². The molecule has 12 aromatic carbocycles. The van der Waals surface area contributed by atoms with Gasteiger partial charge in [0.15, 0.2) is 34.9 Å². The Morgan fingerprint density at radius 3 is 1.14 bits per heavy atom. The molecule has 19 rings (SSSR count). The number of halogens is 2. The van der Waals surface area contributed by atoms with Crippen LogP contribution in [0.1, 0.15) is 36.8 Å². The summed E-state index contributed by atoms with van der Waals surface area (Å²) >= 11 is 0. The minimum atomic E-state index is -0.386. The van der Waals surface area contributed by atoms with Gasteiger partial charge < -0.3 is 0 Å². The lowest BCUT2D eigenvalue weighted by Gasteiger charge is -2.76. The largest absolute Gasteiger partial charge is 0.208 e. The minimum Gasteiger partial charge on any atom is -0.208 e. The lowest BCUT2D eigenvalue weighted by Crippen LogP contribution is -2.73. The van der Waals surface area contributed by atoms with Crippen LogP contribution < -0.4 is 0 Å².